The third kappa shape index (κ3) is 42.0. The van der Waals surface area contributed by atoms with E-state index in [4.69, 9.17) is 52.1 Å². The lowest BCUT2D eigenvalue weighted by Crippen LogP contribution is -2.57. The van der Waals surface area contributed by atoms with E-state index in [0.29, 0.717) is 134 Å². The van der Waals surface area contributed by atoms with Gasteiger partial charge in [0.05, 0.1) is 99.0 Å². The minimum absolute atomic E-state index is 0.00250. The molecular weight excluding hydrogens is 1690 g/mol. The summed E-state index contributed by atoms with van der Waals surface area (Å²) < 4.78 is 62.5. The number of likely N-dealkylation sites (N-methyl/N-ethyl adjacent to an activating group) is 4. The number of esters is 2. The molecule has 0 bridgehead atoms. The molecule has 0 saturated heterocycles. The van der Waals surface area contributed by atoms with Crippen LogP contribution in [0.25, 0.3) is 0 Å². The fourth-order valence-electron chi connectivity index (χ4n) is 13.1. The van der Waals surface area contributed by atoms with E-state index in [2.05, 4.69) is 37.2 Å². The van der Waals surface area contributed by atoms with Gasteiger partial charge >= 0.3 is 24.1 Å². The number of carbonyl (C=O) groups is 15. The number of cyclic esters (lactones) is 2. The predicted octanol–water partition coefficient (Wildman–Crippen LogP) is 5.27. The van der Waals surface area contributed by atoms with Crippen molar-refractivity contribution in [2.75, 3.05) is 159 Å². The second-order valence-electron chi connectivity index (χ2n) is 33.0. The SMILES string of the molecule is C/C=C(\C)[C@H]1OC(=O)[C@@H](C)NC(=O)[C@H](C(C)CC)NC(=O)CN(C)C(=O)[C@@H](Cc2ccccc2)N(C)C(=O)[C@H](C)NC(=O)[C@@H](CC(C)C)OC(=O)/C(C)=C/C[C@H](OC(=O)N(C)CCN(C)C(=O)OCc2ccc(NC(=O)[C@@H](C)NC(=O)[C@H](NC(=O)CCOCCOCCOCCOCCOCCOCCOCCNC(=O)CCCCCN3C(=O)C=CC3=O)C(C)C)cc2)[C@@H]1C. The number of carbonyl (C=O) groups excluding carboxylic acids is 15. The Hall–Kier alpha value is -10.8. The van der Waals surface area contributed by atoms with Gasteiger partial charge < -0.3 is 109 Å². The topological polar surface area (TPSA) is 458 Å². The quantitative estimate of drug-likeness (QED) is 0.0146. The van der Waals surface area contributed by atoms with Crippen LogP contribution in [-0.4, -0.2) is 322 Å². The summed E-state index contributed by atoms with van der Waals surface area (Å²) in [6.45, 7) is 26.0. The summed E-state index contributed by atoms with van der Waals surface area (Å²) in [5.41, 5.74) is 2.13. The van der Waals surface area contributed by atoms with Crippen LogP contribution in [0, 0.1) is 23.7 Å². The van der Waals surface area contributed by atoms with Crippen LogP contribution in [0.3, 0.4) is 0 Å². The Kier molecular flexibility index (Phi) is 52.3. The highest BCUT2D eigenvalue weighted by atomic mass is 16.6. The van der Waals surface area contributed by atoms with E-state index in [9.17, 15) is 71.9 Å². The Labute approximate surface area is 764 Å². The fourth-order valence-corrected chi connectivity index (χ4v) is 13.1. The molecular formula is C92H142N12O26. The first-order valence-electron chi connectivity index (χ1n) is 44.7. The summed E-state index contributed by atoms with van der Waals surface area (Å²) in [6, 6.07) is 8.37. The van der Waals surface area contributed by atoms with Gasteiger partial charge in [-0.3, -0.25) is 57.6 Å². The predicted molar refractivity (Wildman–Crippen MR) is 480 cm³/mol. The van der Waals surface area contributed by atoms with Crippen LogP contribution in [0.5, 0.6) is 0 Å². The molecule has 0 aromatic heterocycles. The van der Waals surface area contributed by atoms with Crippen molar-refractivity contribution in [1.82, 2.24) is 56.4 Å². The Morgan fingerprint density at radius 2 is 1.17 bits per heavy atom. The van der Waals surface area contributed by atoms with Gasteiger partial charge in [-0.05, 0) is 107 Å². The van der Waals surface area contributed by atoms with Crippen molar-refractivity contribution in [2.24, 2.45) is 23.7 Å². The molecule has 13 amide bonds. The van der Waals surface area contributed by atoms with Crippen LogP contribution in [0.1, 0.15) is 153 Å². The normalized spacial score (nSPS) is 20.3. The standard InChI is InChI=1S/C92H142N12O26/c1-18-62(7)81-86(113)96-68(13)90(117)130-82(63(8)19-2)65(10)73(34-29-64(9)89(116)128-74(56-60(3)4)84(111)95-67(12)87(114)103(17)72(57-69-26-22-20-23-27-69)88(115)102(16)58-77(107)99-81)129-92(119)101(15)41-40-100(14)91(118)127-59-70-30-32-71(33-31-70)97-83(110)66(11)94-85(112)80(61(5)6)98-76(106)37-42-120-44-46-122-48-50-124-52-54-126-55-53-125-51-49-123-47-45-121-43-38-93-75(105)28-24-21-25-39-104-78(108)35-36-79(104)109/h19-20,22-23,26-27,29-33,35-36,60-62,65-68,72-74,80-82H,18,21,24-25,28,34,37-59H2,1-17H3,(H,93,105)(H,94,112)(H,95,111)(H,96,113)(H,97,110)(H,98,106)(H,99,107)/b63-19+,64-29+/t62?,65-,66+,67-,68+,72+,73-,74+,80+,81-,82+/m0/s1. The first-order valence-corrected chi connectivity index (χ1v) is 44.7. The van der Waals surface area contributed by atoms with E-state index in [-0.39, 0.29) is 100 Å². The fraction of sp³-hybridized carbons (Fsp3) is 0.641. The molecule has 2 aromatic rings. The summed E-state index contributed by atoms with van der Waals surface area (Å²) in [6.07, 6.45) is 2.99. The maximum atomic E-state index is 14.4. The number of hydrogen-bond donors (Lipinski definition) is 7. The lowest BCUT2D eigenvalue weighted by Gasteiger charge is -2.33. The van der Waals surface area contributed by atoms with Crippen molar-refractivity contribution in [1.29, 1.82) is 0 Å². The molecule has 0 radical (unpaired) electrons. The number of nitrogens with one attached hydrogen (secondary N) is 7. The average Bonchev–Trinajstić information content (AvgIpc) is 1.02. The highest BCUT2D eigenvalue weighted by molar-refractivity contribution is 6.13. The minimum Gasteiger partial charge on any atom is -0.456 e. The summed E-state index contributed by atoms with van der Waals surface area (Å²) in [5.74, 6) is -9.44. The number of ether oxygens (including phenoxy) is 11. The van der Waals surface area contributed by atoms with E-state index in [1.54, 1.807) is 102 Å². The second-order valence-corrected chi connectivity index (χ2v) is 33.0. The van der Waals surface area contributed by atoms with Crippen molar-refractivity contribution in [2.45, 2.75) is 209 Å². The molecule has 2 heterocycles. The molecule has 726 valence electrons. The van der Waals surface area contributed by atoms with Gasteiger partial charge in [0.15, 0.2) is 6.10 Å². The van der Waals surface area contributed by atoms with E-state index in [1.807, 2.05) is 20.8 Å². The van der Waals surface area contributed by atoms with Gasteiger partial charge in [-0.2, -0.15) is 0 Å². The van der Waals surface area contributed by atoms with Gasteiger partial charge in [0, 0.05) is 109 Å². The van der Waals surface area contributed by atoms with Gasteiger partial charge in [0.1, 0.15) is 55.1 Å². The zero-order valence-electron chi connectivity index (χ0n) is 78.9. The maximum Gasteiger partial charge on any atom is 0.409 e. The van der Waals surface area contributed by atoms with Crippen LogP contribution < -0.4 is 37.2 Å². The number of hydrogen-bond acceptors (Lipinski definition) is 26. The molecule has 2 aliphatic rings. The second kappa shape index (κ2) is 61.0. The molecule has 130 heavy (non-hydrogen) atoms. The molecule has 7 N–H and O–H groups in total. The van der Waals surface area contributed by atoms with E-state index in [1.165, 1.54) is 93.7 Å². The van der Waals surface area contributed by atoms with Crippen LogP contribution in [0.2, 0.25) is 0 Å². The van der Waals surface area contributed by atoms with Crippen molar-refractivity contribution in [3.05, 3.63) is 101 Å². The number of allylic oxidation sites excluding steroid dienone is 1. The number of amides is 13. The zero-order valence-corrected chi connectivity index (χ0v) is 78.9. The lowest BCUT2D eigenvalue weighted by molar-refractivity contribution is -0.155. The highest BCUT2D eigenvalue weighted by Crippen LogP contribution is 2.27. The molecule has 0 fully saturated rings. The van der Waals surface area contributed by atoms with Gasteiger partial charge in [-0.15, -0.1) is 0 Å². The molecule has 0 spiro atoms. The van der Waals surface area contributed by atoms with Gasteiger partial charge in [0.2, 0.25) is 47.3 Å². The van der Waals surface area contributed by atoms with Crippen LogP contribution >= 0.6 is 0 Å². The van der Waals surface area contributed by atoms with Crippen molar-refractivity contribution < 1.29 is 124 Å². The third-order valence-electron chi connectivity index (χ3n) is 21.5. The lowest BCUT2D eigenvalue weighted by atomic mass is 9.90. The van der Waals surface area contributed by atoms with Crippen molar-refractivity contribution >= 4 is 94.8 Å². The van der Waals surface area contributed by atoms with Gasteiger partial charge in [-0.1, -0.05) is 116 Å². The number of nitrogens with zero attached hydrogens (tertiary/aromatic N) is 5. The summed E-state index contributed by atoms with van der Waals surface area (Å²) in [4.78, 5) is 208. The Morgan fingerprint density at radius 3 is 1.72 bits per heavy atom. The number of imide groups is 1. The maximum absolute atomic E-state index is 14.4. The van der Waals surface area contributed by atoms with Crippen LogP contribution in [0.4, 0.5) is 15.3 Å². The first kappa shape index (κ1) is 112. The molecule has 2 aromatic carbocycles. The Morgan fingerprint density at radius 1 is 0.615 bits per heavy atom. The van der Waals surface area contributed by atoms with Crippen molar-refractivity contribution in [3.8, 4) is 0 Å². The van der Waals surface area contributed by atoms with Crippen molar-refractivity contribution in [3.63, 3.8) is 0 Å². The molecule has 38 heteroatoms. The summed E-state index contributed by atoms with van der Waals surface area (Å²) in [7, 11) is 5.69. The molecule has 0 aliphatic carbocycles. The first-order chi connectivity index (χ1) is 61.9. The minimum atomic E-state index is -1.41. The average molecular weight is 1830 g/mol. The largest absolute Gasteiger partial charge is 0.456 e. The number of rotatable bonds is 49. The molecule has 38 nitrogen and oxygen atoms in total. The molecule has 11 atom stereocenters. The van der Waals surface area contributed by atoms with Crippen LogP contribution in [0.15, 0.2) is 90.0 Å². The zero-order chi connectivity index (χ0) is 96.4. The van der Waals surface area contributed by atoms with Gasteiger partial charge in [0.25, 0.3) is 17.7 Å². The Bertz CT molecular complexity index is 4020. The number of benzene rings is 2. The number of unbranched alkanes of at least 4 members (excludes halogenated alkanes) is 2. The van der Waals surface area contributed by atoms with E-state index in [0.717, 1.165) is 11.3 Å². The Balaban J connectivity index is 1.21. The smallest absolute Gasteiger partial charge is 0.409 e. The summed E-state index contributed by atoms with van der Waals surface area (Å²) in [5, 5.41) is 19.0. The molecule has 4 rings (SSSR count). The summed E-state index contributed by atoms with van der Waals surface area (Å²) >= 11 is 0. The van der Waals surface area contributed by atoms with E-state index >= 15 is 0 Å². The molecule has 2 aliphatic heterocycles. The highest BCUT2D eigenvalue weighted by Gasteiger charge is 2.39. The third-order valence-corrected chi connectivity index (χ3v) is 21.5. The molecule has 0 saturated carbocycles. The monoisotopic (exact) mass is 1830 g/mol. The molecule has 1 unspecified atom stereocenters. The van der Waals surface area contributed by atoms with Crippen LogP contribution in [-0.2, 0) is 127 Å². The number of anilines is 1. The van der Waals surface area contributed by atoms with Gasteiger partial charge in [-0.25, -0.2) is 19.2 Å². The van der Waals surface area contributed by atoms with E-state index < -0.39 is 144 Å².